The summed E-state index contributed by atoms with van der Waals surface area (Å²) in [6.07, 6.45) is 0.743. The maximum absolute atomic E-state index is 9.33. The summed E-state index contributed by atoms with van der Waals surface area (Å²) in [7, 11) is 0. The van der Waals surface area contributed by atoms with Crippen molar-refractivity contribution in [3.63, 3.8) is 0 Å². The average molecular weight is 163 g/mol. The molecule has 0 radical (unpaired) electrons. The topological polar surface area (TPSA) is 32.3 Å². The van der Waals surface area contributed by atoms with E-state index in [1.165, 1.54) is 11.3 Å². The Kier molecular flexibility index (Phi) is 1.77. The molecule has 64 valence electrons. The summed E-state index contributed by atoms with van der Waals surface area (Å²) in [5, 5.41) is 12.6. The lowest BCUT2D eigenvalue weighted by atomic mass is 10.1. The lowest BCUT2D eigenvalue weighted by Gasteiger charge is -2.06. The Balaban J connectivity index is 2.39. The molecule has 2 N–H and O–H groups in total. The zero-order chi connectivity index (χ0) is 8.55. The van der Waals surface area contributed by atoms with Gasteiger partial charge in [-0.25, -0.2) is 0 Å². The summed E-state index contributed by atoms with van der Waals surface area (Å²) < 4.78 is 0. The molecule has 0 fully saturated rings. The van der Waals surface area contributed by atoms with Crippen molar-refractivity contribution in [2.24, 2.45) is 0 Å². The maximum atomic E-state index is 9.33. The Hall–Kier alpha value is -1.02. The van der Waals surface area contributed by atoms with Crippen LogP contribution in [0, 0.1) is 0 Å². The van der Waals surface area contributed by atoms with Gasteiger partial charge in [-0.15, -0.1) is 0 Å². The molecule has 2 nitrogen and oxygen atoms in total. The molecule has 1 aromatic carbocycles. The summed E-state index contributed by atoms with van der Waals surface area (Å²) in [4.78, 5) is 0. The number of aliphatic hydroxyl groups excluding tert-OH is 1. The van der Waals surface area contributed by atoms with Gasteiger partial charge >= 0.3 is 0 Å². The van der Waals surface area contributed by atoms with Gasteiger partial charge in [-0.05, 0) is 30.5 Å². The van der Waals surface area contributed by atoms with Crippen molar-refractivity contribution in [1.29, 1.82) is 0 Å². The third-order valence-corrected chi connectivity index (χ3v) is 2.33. The van der Waals surface area contributed by atoms with Crippen LogP contribution >= 0.6 is 0 Å². The highest BCUT2D eigenvalue weighted by molar-refractivity contribution is 5.57. The van der Waals surface area contributed by atoms with Gasteiger partial charge in [0.15, 0.2) is 0 Å². The Morgan fingerprint density at radius 1 is 1.50 bits per heavy atom. The van der Waals surface area contributed by atoms with Gasteiger partial charge < -0.3 is 10.4 Å². The number of fused-ring (bicyclic) bond motifs is 1. The van der Waals surface area contributed by atoms with Crippen LogP contribution in [0.2, 0.25) is 0 Å². The van der Waals surface area contributed by atoms with Gasteiger partial charge in [0, 0.05) is 12.2 Å². The van der Waals surface area contributed by atoms with E-state index in [0.29, 0.717) is 0 Å². The molecule has 2 heteroatoms. The maximum Gasteiger partial charge on any atom is 0.0762 e. The molecule has 0 saturated heterocycles. The highest BCUT2D eigenvalue weighted by Crippen LogP contribution is 2.25. The molecule has 0 saturated carbocycles. The summed E-state index contributed by atoms with van der Waals surface area (Å²) in [6, 6.07) is 6.13. The molecule has 0 aromatic heterocycles. The molecule has 2 rings (SSSR count). The molecule has 0 spiro atoms. The van der Waals surface area contributed by atoms with Gasteiger partial charge in [0.05, 0.1) is 6.10 Å². The quantitative estimate of drug-likeness (QED) is 0.660. The van der Waals surface area contributed by atoms with Crippen LogP contribution in [-0.4, -0.2) is 11.7 Å². The number of hydrogen-bond donors (Lipinski definition) is 2. The van der Waals surface area contributed by atoms with Crippen LogP contribution in [0.1, 0.15) is 24.2 Å². The van der Waals surface area contributed by atoms with E-state index < -0.39 is 0 Å². The first kappa shape index (κ1) is 7.62. The normalized spacial score (nSPS) is 16.8. The minimum Gasteiger partial charge on any atom is -0.389 e. The Morgan fingerprint density at radius 3 is 3.08 bits per heavy atom. The summed E-state index contributed by atoms with van der Waals surface area (Å²) in [5.74, 6) is 0. The van der Waals surface area contributed by atoms with E-state index in [1.54, 1.807) is 6.92 Å². The van der Waals surface area contributed by atoms with E-state index in [-0.39, 0.29) is 6.10 Å². The van der Waals surface area contributed by atoms with Crippen LogP contribution in [0.3, 0.4) is 0 Å². The van der Waals surface area contributed by atoms with Crippen molar-refractivity contribution in [1.82, 2.24) is 0 Å². The van der Waals surface area contributed by atoms with Gasteiger partial charge in [0.1, 0.15) is 0 Å². The molecule has 12 heavy (non-hydrogen) atoms. The van der Waals surface area contributed by atoms with E-state index in [1.807, 2.05) is 12.1 Å². The Labute approximate surface area is 72.2 Å². The first-order chi connectivity index (χ1) is 5.77. The van der Waals surface area contributed by atoms with Crippen LogP contribution in [0.5, 0.6) is 0 Å². The van der Waals surface area contributed by atoms with E-state index in [0.717, 1.165) is 18.5 Å². The molecule has 1 heterocycles. The van der Waals surface area contributed by atoms with E-state index in [4.69, 9.17) is 0 Å². The second kappa shape index (κ2) is 2.79. The van der Waals surface area contributed by atoms with Crippen molar-refractivity contribution in [3.05, 3.63) is 29.3 Å². The molecule has 1 unspecified atom stereocenters. The van der Waals surface area contributed by atoms with Crippen molar-refractivity contribution in [2.45, 2.75) is 19.4 Å². The van der Waals surface area contributed by atoms with Crippen LogP contribution in [0.15, 0.2) is 18.2 Å². The smallest absolute Gasteiger partial charge is 0.0762 e. The highest BCUT2D eigenvalue weighted by atomic mass is 16.3. The van der Waals surface area contributed by atoms with E-state index >= 15 is 0 Å². The van der Waals surface area contributed by atoms with Crippen molar-refractivity contribution in [3.8, 4) is 0 Å². The predicted molar refractivity (Wildman–Crippen MR) is 49.3 cm³/mol. The molecular formula is C10H13NO. The monoisotopic (exact) mass is 163 g/mol. The molecule has 1 aromatic rings. The molecule has 0 aliphatic carbocycles. The van der Waals surface area contributed by atoms with Crippen LogP contribution in [0.4, 0.5) is 5.69 Å². The van der Waals surface area contributed by atoms with Gasteiger partial charge in [0.2, 0.25) is 0 Å². The summed E-state index contributed by atoms with van der Waals surface area (Å²) >= 11 is 0. The van der Waals surface area contributed by atoms with Crippen molar-refractivity contribution in [2.75, 3.05) is 11.9 Å². The second-order valence-electron chi connectivity index (χ2n) is 3.27. The van der Waals surface area contributed by atoms with Crippen molar-refractivity contribution < 1.29 is 5.11 Å². The number of hydrogen-bond acceptors (Lipinski definition) is 2. The van der Waals surface area contributed by atoms with Gasteiger partial charge in [-0.3, -0.25) is 0 Å². The zero-order valence-electron chi connectivity index (χ0n) is 7.17. The summed E-state index contributed by atoms with van der Waals surface area (Å²) in [6.45, 7) is 2.81. The van der Waals surface area contributed by atoms with Crippen LogP contribution in [-0.2, 0) is 6.42 Å². The summed E-state index contributed by atoms with van der Waals surface area (Å²) in [5.41, 5.74) is 3.54. The lowest BCUT2D eigenvalue weighted by Crippen LogP contribution is -1.93. The second-order valence-corrected chi connectivity index (χ2v) is 3.27. The third-order valence-electron chi connectivity index (χ3n) is 2.33. The van der Waals surface area contributed by atoms with Crippen LogP contribution in [0.25, 0.3) is 0 Å². The minimum atomic E-state index is -0.363. The minimum absolute atomic E-state index is 0.363. The Bertz CT molecular complexity index is 294. The SMILES string of the molecule is CC(O)c1ccc2c(c1)NCC2. The molecule has 0 bridgehead atoms. The fourth-order valence-electron chi connectivity index (χ4n) is 1.57. The fourth-order valence-corrected chi connectivity index (χ4v) is 1.57. The zero-order valence-corrected chi connectivity index (χ0v) is 7.17. The molecule has 1 aliphatic rings. The molecule has 0 amide bonds. The third kappa shape index (κ3) is 1.18. The van der Waals surface area contributed by atoms with Crippen molar-refractivity contribution >= 4 is 5.69 Å². The van der Waals surface area contributed by atoms with Gasteiger partial charge in [0.25, 0.3) is 0 Å². The number of anilines is 1. The molecule has 1 atom stereocenters. The van der Waals surface area contributed by atoms with Gasteiger partial charge in [-0.2, -0.15) is 0 Å². The van der Waals surface area contributed by atoms with E-state index in [9.17, 15) is 5.11 Å². The average Bonchev–Trinajstić information content (AvgIpc) is 2.49. The lowest BCUT2D eigenvalue weighted by molar-refractivity contribution is 0.199. The van der Waals surface area contributed by atoms with Crippen LogP contribution < -0.4 is 5.32 Å². The molecular weight excluding hydrogens is 150 g/mol. The number of benzene rings is 1. The van der Waals surface area contributed by atoms with E-state index in [2.05, 4.69) is 11.4 Å². The Morgan fingerprint density at radius 2 is 2.33 bits per heavy atom. The first-order valence-electron chi connectivity index (χ1n) is 4.32. The molecule has 1 aliphatic heterocycles. The fraction of sp³-hybridized carbons (Fsp3) is 0.400. The standard InChI is InChI=1S/C10H13NO/c1-7(12)9-3-2-8-4-5-11-10(8)6-9/h2-3,6-7,11-12H,4-5H2,1H3. The number of aliphatic hydroxyl groups is 1. The van der Waals surface area contributed by atoms with Gasteiger partial charge in [-0.1, -0.05) is 12.1 Å². The largest absolute Gasteiger partial charge is 0.389 e. The number of rotatable bonds is 1. The highest BCUT2D eigenvalue weighted by Gasteiger charge is 2.11. The predicted octanol–water partition coefficient (Wildman–Crippen LogP) is 1.71. The number of nitrogens with one attached hydrogen (secondary N) is 1. The first-order valence-corrected chi connectivity index (χ1v) is 4.32.